The van der Waals surface area contributed by atoms with Gasteiger partial charge in [-0.25, -0.2) is 9.78 Å². The van der Waals surface area contributed by atoms with Crippen LogP contribution in [0.2, 0.25) is 0 Å². The summed E-state index contributed by atoms with van der Waals surface area (Å²) in [6, 6.07) is 1.47. The molecule has 0 unspecified atom stereocenters. The van der Waals surface area contributed by atoms with E-state index in [1.807, 2.05) is 0 Å². The molecular weight excluding hydrogens is 293 g/mol. The van der Waals surface area contributed by atoms with Crippen molar-refractivity contribution in [2.24, 2.45) is 0 Å². The quantitative estimate of drug-likeness (QED) is 0.864. The molecule has 2 aromatic heterocycles. The van der Waals surface area contributed by atoms with Crippen LogP contribution in [0.1, 0.15) is 28.0 Å². The Kier molecular flexibility index (Phi) is 3.59. The Morgan fingerprint density at radius 2 is 2.15 bits per heavy atom. The zero-order valence-electron chi connectivity index (χ0n) is 10.7. The lowest BCUT2D eigenvalue weighted by Crippen LogP contribution is -2.10. The fourth-order valence-corrected chi connectivity index (χ4v) is 2.93. The lowest BCUT2D eigenvalue weighted by Gasteiger charge is -2.09. The van der Waals surface area contributed by atoms with Crippen molar-refractivity contribution in [3.05, 3.63) is 22.3 Å². The zero-order chi connectivity index (χ0) is 15.1. The van der Waals surface area contributed by atoms with Gasteiger partial charge in [-0.3, -0.25) is 0 Å². The Hall–Kier alpha value is -1.83. The summed E-state index contributed by atoms with van der Waals surface area (Å²) in [6.45, 7) is 3.18. The Labute approximate surface area is 116 Å². The Morgan fingerprint density at radius 3 is 2.70 bits per heavy atom. The largest absolute Gasteiger partial charge is 0.462 e. The van der Waals surface area contributed by atoms with Crippen LogP contribution in [0.4, 0.5) is 18.9 Å². The summed E-state index contributed by atoms with van der Waals surface area (Å²) >= 11 is 0.877. The molecule has 20 heavy (non-hydrogen) atoms. The first-order valence-corrected chi connectivity index (χ1v) is 6.51. The molecule has 0 atom stereocenters. The predicted octanol–water partition coefficient (Wildman–Crippen LogP) is 3.38. The standard InChI is InChI=1S/C12H11F3N2O2S/c1-3-19-11(18)9-8(16)7-6(20-9)4-5(2)17-10(7)12(13,14)15/h4H,3,16H2,1-2H3. The molecule has 4 nitrogen and oxygen atoms in total. The highest BCUT2D eigenvalue weighted by atomic mass is 32.1. The number of thiophene rings is 1. The Bertz CT molecular complexity index is 679. The number of nitrogens with zero attached hydrogens (tertiary/aromatic N) is 1. The van der Waals surface area contributed by atoms with Gasteiger partial charge in [0.05, 0.1) is 12.3 Å². The number of anilines is 1. The van der Waals surface area contributed by atoms with Crippen molar-refractivity contribution in [3.8, 4) is 0 Å². The van der Waals surface area contributed by atoms with E-state index < -0.39 is 17.8 Å². The van der Waals surface area contributed by atoms with Gasteiger partial charge < -0.3 is 10.5 Å². The molecule has 0 aliphatic heterocycles. The molecule has 2 heterocycles. The lowest BCUT2D eigenvalue weighted by atomic mass is 10.1. The molecule has 0 aromatic carbocycles. The summed E-state index contributed by atoms with van der Waals surface area (Å²) in [5, 5.41) is -0.240. The van der Waals surface area contributed by atoms with E-state index in [9.17, 15) is 18.0 Å². The highest BCUT2D eigenvalue weighted by Gasteiger charge is 2.37. The van der Waals surface area contributed by atoms with Gasteiger partial charge in [0.25, 0.3) is 0 Å². The molecule has 2 N–H and O–H groups in total. The summed E-state index contributed by atoms with van der Waals surface area (Å²) in [5.74, 6) is -0.725. The van der Waals surface area contributed by atoms with E-state index in [1.165, 1.54) is 13.0 Å². The normalized spacial score (nSPS) is 11.8. The van der Waals surface area contributed by atoms with Crippen LogP contribution in [0.3, 0.4) is 0 Å². The van der Waals surface area contributed by atoms with E-state index in [4.69, 9.17) is 10.5 Å². The molecule has 2 rings (SSSR count). The van der Waals surface area contributed by atoms with Crippen LogP contribution < -0.4 is 5.73 Å². The van der Waals surface area contributed by atoms with Gasteiger partial charge in [-0.2, -0.15) is 13.2 Å². The van der Waals surface area contributed by atoms with E-state index in [0.717, 1.165) is 11.3 Å². The van der Waals surface area contributed by atoms with E-state index in [0.29, 0.717) is 0 Å². The molecule has 108 valence electrons. The maximum absolute atomic E-state index is 13.0. The van der Waals surface area contributed by atoms with Crippen molar-refractivity contribution in [2.45, 2.75) is 20.0 Å². The highest BCUT2D eigenvalue weighted by molar-refractivity contribution is 7.21. The summed E-state index contributed by atoms with van der Waals surface area (Å²) < 4.78 is 44.1. The third-order valence-corrected chi connectivity index (χ3v) is 3.70. The minimum absolute atomic E-state index is 0.0280. The van der Waals surface area contributed by atoms with Gasteiger partial charge in [-0.15, -0.1) is 11.3 Å². The first-order valence-electron chi connectivity index (χ1n) is 5.69. The van der Waals surface area contributed by atoms with Crippen molar-refractivity contribution in [1.82, 2.24) is 4.98 Å². The third-order valence-electron chi connectivity index (χ3n) is 2.57. The van der Waals surface area contributed by atoms with Gasteiger partial charge in [-0.05, 0) is 19.9 Å². The van der Waals surface area contributed by atoms with Crippen LogP contribution in [-0.2, 0) is 10.9 Å². The minimum atomic E-state index is -4.63. The van der Waals surface area contributed by atoms with Gasteiger partial charge in [0.2, 0.25) is 0 Å². The van der Waals surface area contributed by atoms with E-state index in [-0.39, 0.29) is 33.0 Å². The fraction of sp³-hybridized carbons (Fsp3) is 0.333. The van der Waals surface area contributed by atoms with E-state index in [2.05, 4.69) is 4.98 Å². The third kappa shape index (κ3) is 2.43. The van der Waals surface area contributed by atoms with Crippen LogP contribution in [-0.4, -0.2) is 17.6 Å². The first kappa shape index (κ1) is 14.6. The number of halogens is 3. The van der Waals surface area contributed by atoms with E-state index >= 15 is 0 Å². The van der Waals surface area contributed by atoms with Gasteiger partial charge in [0, 0.05) is 15.8 Å². The van der Waals surface area contributed by atoms with Crippen molar-refractivity contribution in [2.75, 3.05) is 12.3 Å². The van der Waals surface area contributed by atoms with Crippen molar-refractivity contribution < 1.29 is 22.7 Å². The molecule has 0 saturated carbocycles. The number of aromatic nitrogens is 1. The lowest BCUT2D eigenvalue weighted by molar-refractivity contribution is -0.139. The van der Waals surface area contributed by atoms with Crippen LogP contribution in [0.25, 0.3) is 10.1 Å². The monoisotopic (exact) mass is 304 g/mol. The van der Waals surface area contributed by atoms with Crippen molar-refractivity contribution in [3.63, 3.8) is 0 Å². The number of carbonyl (C=O) groups excluding carboxylic acids is 1. The molecule has 0 aliphatic carbocycles. The number of pyridine rings is 1. The zero-order valence-corrected chi connectivity index (χ0v) is 11.5. The molecule has 8 heteroatoms. The average molecular weight is 304 g/mol. The van der Waals surface area contributed by atoms with Crippen LogP contribution >= 0.6 is 11.3 Å². The van der Waals surface area contributed by atoms with Gasteiger partial charge in [-0.1, -0.05) is 0 Å². The number of rotatable bonds is 2. The predicted molar refractivity (Wildman–Crippen MR) is 69.7 cm³/mol. The topological polar surface area (TPSA) is 65.2 Å². The van der Waals surface area contributed by atoms with Crippen LogP contribution in [0, 0.1) is 6.92 Å². The minimum Gasteiger partial charge on any atom is -0.462 e. The Morgan fingerprint density at radius 1 is 1.50 bits per heavy atom. The van der Waals surface area contributed by atoms with Gasteiger partial charge in [0.1, 0.15) is 4.88 Å². The van der Waals surface area contributed by atoms with Crippen molar-refractivity contribution in [1.29, 1.82) is 0 Å². The first-order chi connectivity index (χ1) is 9.25. The summed E-state index contributed by atoms with van der Waals surface area (Å²) in [7, 11) is 0. The summed E-state index contributed by atoms with van der Waals surface area (Å²) in [4.78, 5) is 15.2. The number of ether oxygens (including phenoxy) is 1. The average Bonchev–Trinajstić information content (AvgIpc) is 2.64. The van der Waals surface area contributed by atoms with Crippen LogP contribution in [0.5, 0.6) is 0 Å². The maximum atomic E-state index is 13.0. The summed E-state index contributed by atoms with van der Waals surface area (Å²) in [6.07, 6.45) is -4.63. The van der Waals surface area contributed by atoms with Gasteiger partial charge in [0.15, 0.2) is 5.69 Å². The number of carbonyl (C=O) groups is 1. The SMILES string of the molecule is CCOC(=O)c1sc2cc(C)nc(C(F)(F)F)c2c1N. The molecule has 0 spiro atoms. The number of esters is 1. The second kappa shape index (κ2) is 4.93. The number of fused-ring (bicyclic) bond motifs is 1. The molecule has 2 aromatic rings. The van der Waals surface area contributed by atoms with Crippen LogP contribution in [0.15, 0.2) is 6.07 Å². The highest BCUT2D eigenvalue weighted by Crippen LogP contribution is 2.41. The molecule has 0 radical (unpaired) electrons. The second-order valence-electron chi connectivity index (χ2n) is 4.05. The number of alkyl halides is 3. The maximum Gasteiger partial charge on any atom is 0.434 e. The Balaban J connectivity index is 2.74. The number of nitrogen functional groups attached to an aromatic ring is 1. The smallest absolute Gasteiger partial charge is 0.434 e. The molecule has 0 amide bonds. The molecule has 0 aliphatic rings. The summed E-state index contributed by atoms with van der Waals surface area (Å²) in [5.41, 5.74) is 4.59. The number of nitrogens with two attached hydrogens (primary N) is 1. The van der Waals surface area contributed by atoms with E-state index in [1.54, 1.807) is 6.92 Å². The molecule has 0 bridgehead atoms. The molecule has 0 fully saturated rings. The van der Waals surface area contributed by atoms with Crippen molar-refractivity contribution >= 4 is 33.1 Å². The molecule has 0 saturated heterocycles. The second-order valence-corrected chi connectivity index (χ2v) is 5.10. The number of hydrogen-bond acceptors (Lipinski definition) is 5. The van der Waals surface area contributed by atoms with Gasteiger partial charge >= 0.3 is 12.1 Å². The number of hydrogen-bond donors (Lipinski definition) is 1. The molecular formula is C12H11F3N2O2S. The number of aryl methyl sites for hydroxylation is 1. The fourth-order valence-electron chi connectivity index (χ4n) is 1.82.